The van der Waals surface area contributed by atoms with E-state index >= 15 is 0 Å². The molecule has 1 aliphatic carbocycles. The van der Waals surface area contributed by atoms with Crippen LogP contribution in [0.3, 0.4) is 0 Å². The maximum Gasteiger partial charge on any atom is 0.357 e. The molecule has 1 N–H and O–H groups in total. The number of hydrogen-bond donors (Lipinski definition) is 1. The molecule has 0 atom stereocenters. The predicted octanol–water partition coefficient (Wildman–Crippen LogP) is 0.928. The average molecular weight is 316 g/mol. The van der Waals surface area contributed by atoms with Crippen LogP contribution in [0.4, 0.5) is 0 Å². The maximum absolute atomic E-state index is 11.8. The Balaban J connectivity index is 2.16. The smallest absolute Gasteiger partial charge is 0.357 e. The van der Waals surface area contributed by atoms with E-state index in [1.165, 1.54) is 6.08 Å². The van der Waals surface area contributed by atoms with Crippen molar-refractivity contribution in [3.05, 3.63) is 11.8 Å². The second kappa shape index (κ2) is 6.57. The summed E-state index contributed by atoms with van der Waals surface area (Å²) in [7, 11) is -2.20. The van der Waals surface area contributed by atoms with E-state index in [-0.39, 0.29) is 24.3 Å². The summed E-state index contributed by atoms with van der Waals surface area (Å²) in [6.07, 6.45) is 5.06. The van der Waals surface area contributed by atoms with Gasteiger partial charge in [0.15, 0.2) is 5.71 Å². The Hall–Kier alpha value is -1.41. The minimum absolute atomic E-state index is 0.0612. The van der Waals surface area contributed by atoms with E-state index in [4.69, 9.17) is 9.47 Å². The van der Waals surface area contributed by atoms with Crippen LogP contribution in [0.15, 0.2) is 16.2 Å². The first-order valence-electron chi connectivity index (χ1n) is 6.99. The SMILES string of the molecule is CCOC(=O)C1=NS(=O)(=O)NC(C2CCC(OC)CC2)=C1. The zero-order chi connectivity index (χ0) is 15.5. The van der Waals surface area contributed by atoms with Crippen molar-refractivity contribution in [3.63, 3.8) is 0 Å². The lowest BCUT2D eigenvalue weighted by Crippen LogP contribution is -2.35. The number of esters is 1. The van der Waals surface area contributed by atoms with E-state index in [1.807, 2.05) is 0 Å². The normalized spacial score (nSPS) is 28.1. The number of hydrogen-bond acceptors (Lipinski definition) is 5. The van der Waals surface area contributed by atoms with Gasteiger partial charge in [-0.2, -0.15) is 8.42 Å². The highest BCUT2D eigenvalue weighted by atomic mass is 32.2. The Kier molecular flexibility index (Phi) is 5.00. The molecule has 0 bridgehead atoms. The lowest BCUT2D eigenvalue weighted by Gasteiger charge is -2.30. The van der Waals surface area contributed by atoms with Gasteiger partial charge in [-0.15, -0.1) is 4.40 Å². The zero-order valence-corrected chi connectivity index (χ0v) is 13.0. The number of allylic oxidation sites excluding steroid dienone is 1. The molecule has 21 heavy (non-hydrogen) atoms. The van der Waals surface area contributed by atoms with E-state index in [0.29, 0.717) is 5.70 Å². The minimum atomic E-state index is -3.88. The van der Waals surface area contributed by atoms with Crippen LogP contribution in [0.1, 0.15) is 32.6 Å². The summed E-state index contributed by atoms with van der Waals surface area (Å²) in [5.74, 6) is -0.656. The summed E-state index contributed by atoms with van der Waals surface area (Å²) in [6, 6.07) is 0. The molecule has 0 unspecified atom stereocenters. The molecule has 0 aromatic carbocycles. The number of nitrogens with zero attached hydrogens (tertiary/aromatic N) is 1. The molecule has 118 valence electrons. The lowest BCUT2D eigenvalue weighted by atomic mass is 9.85. The molecule has 1 heterocycles. The molecule has 0 aromatic rings. The van der Waals surface area contributed by atoms with Crippen molar-refractivity contribution in [1.82, 2.24) is 4.72 Å². The second-order valence-corrected chi connectivity index (χ2v) is 6.42. The number of nitrogens with one attached hydrogen (secondary N) is 1. The van der Waals surface area contributed by atoms with Crippen LogP contribution < -0.4 is 4.72 Å². The molecule has 2 aliphatic rings. The first kappa shape index (κ1) is 16.0. The van der Waals surface area contributed by atoms with E-state index in [2.05, 4.69) is 9.12 Å². The van der Waals surface area contributed by atoms with Crippen molar-refractivity contribution in [2.45, 2.75) is 38.7 Å². The molecule has 0 radical (unpaired) electrons. The van der Waals surface area contributed by atoms with E-state index in [0.717, 1.165) is 25.7 Å². The molecule has 0 spiro atoms. The number of carbonyl (C=O) groups excluding carboxylic acids is 1. The first-order valence-corrected chi connectivity index (χ1v) is 8.43. The van der Waals surface area contributed by atoms with Crippen LogP contribution in [0.5, 0.6) is 0 Å². The van der Waals surface area contributed by atoms with Crippen molar-refractivity contribution in [1.29, 1.82) is 0 Å². The van der Waals surface area contributed by atoms with Crippen molar-refractivity contribution in [3.8, 4) is 0 Å². The second-order valence-electron chi connectivity index (χ2n) is 5.08. The molecule has 0 aromatic heterocycles. The van der Waals surface area contributed by atoms with Crippen LogP contribution in [-0.2, 0) is 24.5 Å². The summed E-state index contributed by atoms with van der Waals surface area (Å²) < 4.78 is 39.5. The largest absolute Gasteiger partial charge is 0.461 e. The fraction of sp³-hybridized carbons (Fsp3) is 0.692. The summed E-state index contributed by atoms with van der Waals surface area (Å²) in [6.45, 7) is 1.83. The van der Waals surface area contributed by atoms with Gasteiger partial charge in [0.05, 0.1) is 12.7 Å². The predicted molar refractivity (Wildman–Crippen MR) is 77.0 cm³/mol. The van der Waals surface area contributed by atoms with E-state index in [9.17, 15) is 13.2 Å². The number of rotatable bonds is 4. The fourth-order valence-electron chi connectivity index (χ4n) is 2.62. The minimum Gasteiger partial charge on any atom is -0.461 e. The third-order valence-corrected chi connectivity index (χ3v) is 4.62. The van der Waals surface area contributed by atoms with Gasteiger partial charge in [0.2, 0.25) is 0 Å². The van der Waals surface area contributed by atoms with Gasteiger partial charge < -0.3 is 9.47 Å². The topological polar surface area (TPSA) is 94.1 Å². The Morgan fingerprint density at radius 1 is 1.38 bits per heavy atom. The Morgan fingerprint density at radius 2 is 2.05 bits per heavy atom. The number of carbonyl (C=O) groups is 1. The van der Waals surface area contributed by atoms with Gasteiger partial charge in [-0.1, -0.05) is 0 Å². The molecule has 2 rings (SSSR count). The third-order valence-electron chi connectivity index (χ3n) is 3.69. The average Bonchev–Trinajstić information content (AvgIpc) is 2.46. The zero-order valence-electron chi connectivity index (χ0n) is 12.2. The number of ether oxygens (including phenoxy) is 2. The highest BCUT2D eigenvalue weighted by Gasteiger charge is 2.30. The monoisotopic (exact) mass is 316 g/mol. The molecule has 1 fully saturated rings. The summed E-state index contributed by atoms with van der Waals surface area (Å²) in [5, 5.41) is 0. The first-order chi connectivity index (χ1) is 9.95. The molecule has 1 saturated carbocycles. The molecular weight excluding hydrogens is 296 g/mol. The molecule has 7 nitrogen and oxygen atoms in total. The Morgan fingerprint density at radius 3 is 2.62 bits per heavy atom. The quantitative estimate of drug-likeness (QED) is 0.779. The van der Waals surface area contributed by atoms with Gasteiger partial charge in [-0.25, -0.2) is 4.79 Å². The lowest BCUT2D eigenvalue weighted by molar-refractivity contribution is -0.134. The van der Waals surface area contributed by atoms with Gasteiger partial charge in [-0.05, 0) is 44.6 Å². The molecule has 1 aliphatic heterocycles. The summed E-state index contributed by atoms with van der Waals surface area (Å²) in [4.78, 5) is 11.7. The van der Waals surface area contributed by atoms with Crippen LogP contribution in [0.25, 0.3) is 0 Å². The van der Waals surface area contributed by atoms with Crippen LogP contribution in [0.2, 0.25) is 0 Å². The van der Waals surface area contributed by atoms with Crippen LogP contribution in [-0.4, -0.2) is 39.9 Å². The summed E-state index contributed by atoms with van der Waals surface area (Å²) in [5.41, 5.74) is 0.349. The highest BCUT2D eigenvalue weighted by Crippen LogP contribution is 2.31. The van der Waals surface area contributed by atoms with Crippen LogP contribution >= 0.6 is 0 Å². The van der Waals surface area contributed by atoms with Gasteiger partial charge >= 0.3 is 16.2 Å². The van der Waals surface area contributed by atoms with Gasteiger partial charge in [0.1, 0.15) is 0 Å². The molecule has 0 saturated heterocycles. The van der Waals surface area contributed by atoms with Crippen LogP contribution in [0, 0.1) is 5.92 Å². The van der Waals surface area contributed by atoms with Crippen molar-refractivity contribution in [2.75, 3.05) is 13.7 Å². The van der Waals surface area contributed by atoms with Gasteiger partial charge in [0, 0.05) is 12.8 Å². The molecule has 0 amide bonds. The molecular formula is C13H20N2O5S. The third kappa shape index (κ3) is 4.04. The van der Waals surface area contributed by atoms with E-state index in [1.54, 1.807) is 14.0 Å². The summed E-state index contributed by atoms with van der Waals surface area (Å²) >= 11 is 0. The highest BCUT2D eigenvalue weighted by molar-refractivity contribution is 7.88. The Bertz CT molecular complexity index is 559. The van der Waals surface area contributed by atoms with Crippen molar-refractivity contribution >= 4 is 21.9 Å². The van der Waals surface area contributed by atoms with Crippen molar-refractivity contribution < 1.29 is 22.7 Å². The van der Waals surface area contributed by atoms with Gasteiger partial charge in [-0.3, -0.25) is 4.72 Å². The Labute approximate surface area is 124 Å². The standard InChI is InChI=1S/C13H20N2O5S/c1-3-20-13(16)12-8-11(14-21(17,18)15-12)9-4-6-10(19-2)7-5-9/h8-10,14H,3-7H2,1-2H3. The molecule has 8 heteroatoms. The van der Waals surface area contributed by atoms with Gasteiger partial charge in [0.25, 0.3) is 0 Å². The van der Waals surface area contributed by atoms with E-state index < -0.39 is 16.2 Å². The van der Waals surface area contributed by atoms with Crippen molar-refractivity contribution in [2.24, 2.45) is 10.3 Å². The maximum atomic E-state index is 11.8. The fourth-order valence-corrected chi connectivity index (χ4v) is 3.57. The number of methoxy groups -OCH3 is 1.